The van der Waals surface area contributed by atoms with Gasteiger partial charge in [-0.3, -0.25) is 0 Å². The summed E-state index contributed by atoms with van der Waals surface area (Å²) in [5.74, 6) is 4.04. The molecule has 0 atom stereocenters. The molecule has 0 unspecified atom stereocenters. The van der Waals surface area contributed by atoms with Crippen LogP contribution in [0.15, 0.2) is 12.4 Å². The van der Waals surface area contributed by atoms with Gasteiger partial charge in [-0.25, -0.2) is 9.97 Å². The fraction of sp³-hybridized carbons (Fsp3) is 0.765. The summed E-state index contributed by atoms with van der Waals surface area (Å²) >= 11 is 0. The summed E-state index contributed by atoms with van der Waals surface area (Å²) in [5, 5.41) is 3.34. The highest BCUT2D eigenvalue weighted by atomic mass is 14.9. The summed E-state index contributed by atoms with van der Waals surface area (Å²) in [7, 11) is 0. The lowest BCUT2D eigenvalue weighted by atomic mass is 9.49. The van der Waals surface area contributed by atoms with Crippen LogP contribution in [-0.2, 0) is 12.0 Å². The minimum Gasteiger partial charge on any atom is -0.313 e. The van der Waals surface area contributed by atoms with Crippen LogP contribution in [0.1, 0.15) is 56.8 Å². The van der Waals surface area contributed by atoms with Gasteiger partial charge in [0.2, 0.25) is 0 Å². The molecule has 3 nitrogen and oxygen atoms in total. The molecule has 20 heavy (non-hydrogen) atoms. The van der Waals surface area contributed by atoms with Gasteiger partial charge in [-0.05, 0) is 62.8 Å². The second-order valence-electron chi connectivity index (χ2n) is 7.39. The molecular formula is C17H25N3. The van der Waals surface area contributed by atoms with Crippen molar-refractivity contribution in [2.24, 2.45) is 17.8 Å². The highest BCUT2D eigenvalue weighted by Crippen LogP contribution is 2.59. The molecule has 5 rings (SSSR count). The van der Waals surface area contributed by atoms with Crippen LogP contribution in [0.3, 0.4) is 0 Å². The lowest BCUT2D eigenvalue weighted by Crippen LogP contribution is -2.49. The van der Waals surface area contributed by atoms with Gasteiger partial charge in [-0.15, -0.1) is 0 Å². The van der Waals surface area contributed by atoms with E-state index in [4.69, 9.17) is 9.97 Å². The van der Waals surface area contributed by atoms with Crippen molar-refractivity contribution in [2.75, 3.05) is 6.54 Å². The zero-order valence-electron chi connectivity index (χ0n) is 12.4. The molecule has 0 spiro atoms. The Bertz CT molecular complexity index is 444. The maximum atomic E-state index is 4.77. The minimum absolute atomic E-state index is 0.339. The van der Waals surface area contributed by atoms with Crippen molar-refractivity contribution in [1.29, 1.82) is 0 Å². The van der Waals surface area contributed by atoms with E-state index in [0.29, 0.717) is 5.41 Å². The van der Waals surface area contributed by atoms with E-state index in [9.17, 15) is 0 Å². The van der Waals surface area contributed by atoms with Crippen molar-refractivity contribution in [3.8, 4) is 0 Å². The van der Waals surface area contributed by atoms with Gasteiger partial charge in [0.15, 0.2) is 0 Å². The first-order valence-corrected chi connectivity index (χ1v) is 8.29. The Morgan fingerprint density at radius 1 is 1.05 bits per heavy atom. The molecule has 1 heterocycles. The minimum atomic E-state index is 0.339. The zero-order chi connectivity index (χ0) is 13.6. The van der Waals surface area contributed by atoms with Crippen molar-refractivity contribution in [3.63, 3.8) is 0 Å². The van der Waals surface area contributed by atoms with Crippen molar-refractivity contribution >= 4 is 0 Å². The normalized spacial score (nSPS) is 38.4. The first kappa shape index (κ1) is 12.8. The van der Waals surface area contributed by atoms with E-state index in [-0.39, 0.29) is 0 Å². The second kappa shape index (κ2) is 4.80. The molecule has 4 saturated carbocycles. The average molecular weight is 271 g/mol. The predicted molar refractivity (Wildman–Crippen MR) is 79.3 cm³/mol. The zero-order valence-corrected chi connectivity index (χ0v) is 12.4. The van der Waals surface area contributed by atoms with E-state index >= 15 is 0 Å². The van der Waals surface area contributed by atoms with Crippen molar-refractivity contribution in [3.05, 3.63) is 23.8 Å². The van der Waals surface area contributed by atoms with Gasteiger partial charge in [-0.1, -0.05) is 6.92 Å². The monoisotopic (exact) mass is 271 g/mol. The van der Waals surface area contributed by atoms with E-state index in [1.54, 1.807) is 0 Å². The Labute approximate surface area is 121 Å². The molecule has 4 aliphatic carbocycles. The maximum absolute atomic E-state index is 4.77. The number of nitrogens with one attached hydrogen (secondary N) is 1. The number of rotatable bonds is 4. The fourth-order valence-electron chi connectivity index (χ4n) is 5.37. The number of aromatic nitrogens is 2. The maximum Gasteiger partial charge on any atom is 0.134 e. The number of hydrogen-bond acceptors (Lipinski definition) is 3. The van der Waals surface area contributed by atoms with Gasteiger partial charge in [0.05, 0.1) is 0 Å². The summed E-state index contributed by atoms with van der Waals surface area (Å²) in [4.78, 5) is 9.54. The quantitative estimate of drug-likeness (QED) is 0.914. The van der Waals surface area contributed by atoms with Gasteiger partial charge in [0.1, 0.15) is 5.82 Å². The van der Waals surface area contributed by atoms with Crippen LogP contribution in [0.5, 0.6) is 0 Å². The molecule has 0 amide bonds. The van der Waals surface area contributed by atoms with Crippen LogP contribution < -0.4 is 5.32 Å². The second-order valence-corrected chi connectivity index (χ2v) is 7.39. The standard InChI is InChI=1S/C17H25N3/c1-2-18-9-15-10-19-16(20-11-15)17-6-12-3-13(7-17)5-14(4-12)8-17/h10-14,18H,2-9H2,1H3. The lowest BCUT2D eigenvalue weighted by Gasteiger charge is -2.55. The molecule has 3 heteroatoms. The lowest BCUT2D eigenvalue weighted by molar-refractivity contribution is -0.00942. The third kappa shape index (κ3) is 2.07. The smallest absolute Gasteiger partial charge is 0.134 e. The first-order valence-electron chi connectivity index (χ1n) is 8.29. The van der Waals surface area contributed by atoms with E-state index in [0.717, 1.165) is 36.7 Å². The van der Waals surface area contributed by atoms with Crippen LogP contribution in [0.25, 0.3) is 0 Å². The first-order chi connectivity index (χ1) is 9.77. The summed E-state index contributed by atoms with van der Waals surface area (Å²) in [5.41, 5.74) is 1.55. The van der Waals surface area contributed by atoms with Gasteiger partial charge in [-0.2, -0.15) is 0 Å². The topological polar surface area (TPSA) is 37.8 Å². The molecule has 1 N–H and O–H groups in total. The number of hydrogen-bond donors (Lipinski definition) is 1. The third-order valence-corrected chi connectivity index (χ3v) is 5.80. The van der Waals surface area contributed by atoms with Gasteiger partial charge in [0, 0.05) is 29.9 Å². The molecule has 1 aromatic heterocycles. The Balaban J connectivity index is 1.57. The molecule has 4 fully saturated rings. The van der Waals surface area contributed by atoms with Crippen molar-refractivity contribution < 1.29 is 0 Å². The van der Waals surface area contributed by atoms with E-state index < -0.39 is 0 Å². The molecule has 4 aliphatic rings. The van der Waals surface area contributed by atoms with Crippen LogP contribution in [-0.4, -0.2) is 16.5 Å². The van der Waals surface area contributed by atoms with Crippen molar-refractivity contribution in [1.82, 2.24) is 15.3 Å². The van der Waals surface area contributed by atoms with E-state index in [1.165, 1.54) is 44.1 Å². The Hall–Kier alpha value is -0.960. The van der Waals surface area contributed by atoms with Gasteiger partial charge in [0.25, 0.3) is 0 Å². The van der Waals surface area contributed by atoms with E-state index in [2.05, 4.69) is 12.2 Å². The Kier molecular flexibility index (Phi) is 3.06. The average Bonchev–Trinajstić information content (AvgIpc) is 2.44. The Morgan fingerprint density at radius 2 is 1.60 bits per heavy atom. The summed E-state index contributed by atoms with van der Waals surface area (Å²) in [6.07, 6.45) is 12.6. The van der Waals surface area contributed by atoms with Crippen LogP contribution >= 0.6 is 0 Å². The summed E-state index contributed by atoms with van der Waals surface area (Å²) in [6, 6.07) is 0. The van der Waals surface area contributed by atoms with E-state index in [1.807, 2.05) is 12.4 Å². The van der Waals surface area contributed by atoms with Crippen molar-refractivity contribution in [2.45, 2.75) is 57.4 Å². The fourth-order valence-corrected chi connectivity index (χ4v) is 5.37. The SMILES string of the molecule is CCNCc1cnc(C23CC4CC(CC(C4)C2)C3)nc1. The van der Waals surface area contributed by atoms with Crippen LogP contribution in [0.4, 0.5) is 0 Å². The molecule has 0 saturated heterocycles. The molecule has 0 aromatic carbocycles. The highest BCUT2D eigenvalue weighted by molar-refractivity contribution is 5.18. The largest absolute Gasteiger partial charge is 0.313 e. The summed E-state index contributed by atoms with van der Waals surface area (Å²) in [6.45, 7) is 4.01. The molecule has 1 aromatic rings. The Morgan fingerprint density at radius 3 is 2.10 bits per heavy atom. The molecule has 0 radical (unpaired) electrons. The molecular weight excluding hydrogens is 246 g/mol. The third-order valence-electron chi connectivity index (χ3n) is 5.80. The molecule has 4 bridgehead atoms. The van der Waals surface area contributed by atoms with Crippen LogP contribution in [0, 0.1) is 17.8 Å². The predicted octanol–water partition coefficient (Wildman–Crippen LogP) is 3.05. The highest BCUT2D eigenvalue weighted by Gasteiger charge is 2.52. The molecule has 108 valence electrons. The summed E-state index contributed by atoms with van der Waals surface area (Å²) < 4.78 is 0. The van der Waals surface area contributed by atoms with Gasteiger partial charge < -0.3 is 5.32 Å². The van der Waals surface area contributed by atoms with Crippen LogP contribution in [0.2, 0.25) is 0 Å². The number of nitrogens with zero attached hydrogens (tertiary/aromatic N) is 2. The molecule has 0 aliphatic heterocycles. The van der Waals surface area contributed by atoms with Gasteiger partial charge >= 0.3 is 0 Å².